The molecular weight excluding hydrogens is 314 g/mol. The highest BCUT2D eigenvalue weighted by atomic mass is 19.3. The molecule has 1 unspecified atom stereocenters. The van der Waals surface area contributed by atoms with Crippen LogP contribution in [0.5, 0.6) is 5.75 Å². The normalized spacial score (nSPS) is 18.2. The number of nitrogens with two attached hydrogens (primary N) is 1. The molecule has 1 aromatic rings. The number of carbonyl (C=O) groups excluding carboxylic acids is 1. The number of benzene rings is 1. The Balaban J connectivity index is 1.95. The predicted molar refractivity (Wildman–Crippen MR) is 88.8 cm³/mol. The number of alkyl halides is 2. The highest BCUT2D eigenvalue weighted by Crippen LogP contribution is 2.38. The minimum absolute atomic E-state index is 0.0463. The van der Waals surface area contributed by atoms with Gasteiger partial charge in [-0.1, -0.05) is 31.4 Å². The SMILES string of the molecule is CC(NC(=O)CC1(CN)CCCCC1)c1cccc(OC(F)F)c1. The van der Waals surface area contributed by atoms with Crippen LogP contribution in [0.25, 0.3) is 0 Å². The number of halogens is 2. The van der Waals surface area contributed by atoms with E-state index in [1.54, 1.807) is 12.1 Å². The van der Waals surface area contributed by atoms with Crippen LogP contribution >= 0.6 is 0 Å². The van der Waals surface area contributed by atoms with Crippen LogP contribution in [0.4, 0.5) is 8.78 Å². The lowest BCUT2D eigenvalue weighted by Crippen LogP contribution is -2.39. The maximum atomic E-state index is 12.4. The fourth-order valence-electron chi connectivity index (χ4n) is 3.43. The molecule has 3 N–H and O–H groups in total. The predicted octanol–water partition coefficient (Wildman–Crippen LogP) is 3.76. The first-order chi connectivity index (χ1) is 11.4. The molecule has 0 heterocycles. The molecule has 1 saturated carbocycles. The van der Waals surface area contributed by atoms with Crippen molar-refractivity contribution in [1.29, 1.82) is 0 Å². The summed E-state index contributed by atoms with van der Waals surface area (Å²) in [5, 5.41) is 2.95. The lowest BCUT2D eigenvalue weighted by atomic mass is 9.71. The summed E-state index contributed by atoms with van der Waals surface area (Å²) in [5.74, 6) is 0.0457. The van der Waals surface area contributed by atoms with Gasteiger partial charge in [-0.05, 0) is 49.4 Å². The van der Waals surface area contributed by atoms with Crippen molar-refractivity contribution in [3.05, 3.63) is 29.8 Å². The van der Waals surface area contributed by atoms with Gasteiger partial charge >= 0.3 is 6.61 Å². The third kappa shape index (κ3) is 5.16. The molecule has 1 aliphatic rings. The summed E-state index contributed by atoms with van der Waals surface area (Å²) >= 11 is 0. The molecule has 0 aromatic heterocycles. The average Bonchev–Trinajstić information content (AvgIpc) is 2.55. The third-order valence-corrected chi connectivity index (χ3v) is 4.84. The summed E-state index contributed by atoms with van der Waals surface area (Å²) in [4.78, 5) is 12.4. The van der Waals surface area contributed by atoms with E-state index in [1.165, 1.54) is 18.6 Å². The summed E-state index contributed by atoms with van der Waals surface area (Å²) in [5.41, 5.74) is 6.56. The van der Waals surface area contributed by atoms with Gasteiger partial charge in [0.2, 0.25) is 5.91 Å². The highest BCUT2D eigenvalue weighted by Gasteiger charge is 2.33. The van der Waals surface area contributed by atoms with Crippen molar-refractivity contribution in [2.45, 2.75) is 58.1 Å². The minimum Gasteiger partial charge on any atom is -0.435 e. The van der Waals surface area contributed by atoms with Crippen molar-refractivity contribution >= 4 is 5.91 Å². The van der Waals surface area contributed by atoms with Crippen LogP contribution in [-0.4, -0.2) is 19.1 Å². The first-order valence-corrected chi connectivity index (χ1v) is 8.48. The van der Waals surface area contributed by atoms with Gasteiger partial charge in [-0.15, -0.1) is 0 Å². The van der Waals surface area contributed by atoms with Gasteiger partial charge in [0.1, 0.15) is 5.75 Å². The Bertz CT molecular complexity index is 546. The first-order valence-electron chi connectivity index (χ1n) is 8.48. The maximum Gasteiger partial charge on any atom is 0.387 e. The average molecular weight is 340 g/mol. The van der Waals surface area contributed by atoms with Gasteiger partial charge in [-0.3, -0.25) is 4.79 Å². The van der Waals surface area contributed by atoms with Gasteiger partial charge in [0.25, 0.3) is 0 Å². The fraction of sp³-hybridized carbons (Fsp3) is 0.611. The number of hydrogen-bond donors (Lipinski definition) is 2. The Morgan fingerprint density at radius 2 is 2.04 bits per heavy atom. The smallest absolute Gasteiger partial charge is 0.387 e. The molecule has 24 heavy (non-hydrogen) atoms. The Hall–Kier alpha value is -1.69. The van der Waals surface area contributed by atoms with Gasteiger partial charge in [-0.25, -0.2) is 0 Å². The Morgan fingerprint density at radius 1 is 1.33 bits per heavy atom. The van der Waals surface area contributed by atoms with Crippen LogP contribution in [0, 0.1) is 5.41 Å². The number of carbonyl (C=O) groups is 1. The van der Waals surface area contributed by atoms with E-state index in [4.69, 9.17) is 5.73 Å². The number of hydrogen-bond acceptors (Lipinski definition) is 3. The molecule has 0 saturated heterocycles. The van der Waals surface area contributed by atoms with E-state index in [0.717, 1.165) is 31.2 Å². The summed E-state index contributed by atoms with van der Waals surface area (Å²) in [6.07, 6.45) is 5.84. The number of nitrogens with one attached hydrogen (secondary N) is 1. The molecule has 1 atom stereocenters. The van der Waals surface area contributed by atoms with Crippen LogP contribution in [0.1, 0.15) is 57.1 Å². The molecule has 2 rings (SSSR count). The number of ether oxygens (including phenoxy) is 1. The van der Waals surface area contributed by atoms with Gasteiger partial charge in [0.15, 0.2) is 0 Å². The Morgan fingerprint density at radius 3 is 2.67 bits per heavy atom. The van der Waals surface area contributed by atoms with Gasteiger partial charge in [-0.2, -0.15) is 8.78 Å². The molecule has 1 aliphatic carbocycles. The summed E-state index contributed by atoms with van der Waals surface area (Å²) in [7, 11) is 0. The van der Waals surface area contributed by atoms with E-state index in [2.05, 4.69) is 10.1 Å². The quantitative estimate of drug-likeness (QED) is 0.794. The summed E-state index contributed by atoms with van der Waals surface area (Å²) in [6, 6.07) is 6.13. The second-order valence-corrected chi connectivity index (χ2v) is 6.68. The Labute approximate surface area is 141 Å². The highest BCUT2D eigenvalue weighted by molar-refractivity contribution is 5.77. The lowest BCUT2D eigenvalue weighted by Gasteiger charge is -2.36. The topological polar surface area (TPSA) is 64.4 Å². The third-order valence-electron chi connectivity index (χ3n) is 4.84. The van der Waals surface area contributed by atoms with Gasteiger partial charge in [0.05, 0.1) is 6.04 Å². The first kappa shape index (κ1) is 18.6. The van der Waals surface area contributed by atoms with Crippen LogP contribution in [-0.2, 0) is 4.79 Å². The monoisotopic (exact) mass is 340 g/mol. The number of amides is 1. The lowest BCUT2D eigenvalue weighted by molar-refractivity contribution is -0.124. The van der Waals surface area contributed by atoms with E-state index in [1.807, 2.05) is 6.92 Å². The van der Waals surface area contributed by atoms with E-state index in [-0.39, 0.29) is 23.1 Å². The van der Waals surface area contributed by atoms with Crippen LogP contribution in [0.2, 0.25) is 0 Å². The van der Waals surface area contributed by atoms with E-state index in [9.17, 15) is 13.6 Å². The minimum atomic E-state index is -2.86. The van der Waals surface area contributed by atoms with Crippen molar-refractivity contribution in [3.8, 4) is 5.75 Å². The molecular formula is C18H26F2N2O2. The maximum absolute atomic E-state index is 12.4. The van der Waals surface area contributed by atoms with Crippen LogP contribution < -0.4 is 15.8 Å². The van der Waals surface area contributed by atoms with Crippen molar-refractivity contribution in [3.63, 3.8) is 0 Å². The van der Waals surface area contributed by atoms with Crippen molar-refractivity contribution in [1.82, 2.24) is 5.32 Å². The molecule has 6 heteroatoms. The number of rotatable bonds is 7. The zero-order valence-electron chi connectivity index (χ0n) is 14.1. The molecule has 134 valence electrons. The van der Waals surface area contributed by atoms with Crippen LogP contribution in [0.3, 0.4) is 0 Å². The molecule has 1 fully saturated rings. The Kier molecular flexibility index (Phi) is 6.54. The molecule has 1 aromatic carbocycles. The molecule has 0 spiro atoms. The summed E-state index contributed by atoms with van der Waals surface area (Å²) < 4.78 is 29.0. The second-order valence-electron chi connectivity index (χ2n) is 6.68. The molecule has 1 amide bonds. The van der Waals surface area contributed by atoms with E-state index in [0.29, 0.717) is 13.0 Å². The summed E-state index contributed by atoms with van der Waals surface area (Å²) in [6.45, 7) is -0.511. The van der Waals surface area contributed by atoms with Crippen LogP contribution in [0.15, 0.2) is 24.3 Å². The molecule has 0 aliphatic heterocycles. The fourth-order valence-corrected chi connectivity index (χ4v) is 3.43. The van der Waals surface area contributed by atoms with Crippen molar-refractivity contribution < 1.29 is 18.3 Å². The zero-order chi connectivity index (χ0) is 17.6. The molecule has 0 bridgehead atoms. The largest absolute Gasteiger partial charge is 0.435 e. The second kappa shape index (κ2) is 8.42. The van der Waals surface area contributed by atoms with E-state index < -0.39 is 6.61 Å². The standard InChI is InChI=1S/C18H26F2N2O2/c1-13(14-6-5-7-15(10-14)24-17(19)20)22-16(23)11-18(12-21)8-3-2-4-9-18/h5-7,10,13,17H,2-4,8-9,11-12,21H2,1H3,(H,22,23). The zero-order valence-corrected chi connectivity index (χ0v) is 14.1. The van der Waals surface area contributed by atoms with E-state index >= 15 is 0 Å². The molecule has 0 radical (unpaired) electrons. The van der Waals surface area contributed by atoms with Crippen molar-refractivity contribution in [2.24, 2.45) is 11.1 Å². The van der Waals surface area contributed by atoms with Gasteiger partial charge < -0.3 is 15.8 Å². The molecule has 4 nitrogen and oxygen atoms in total. The van der Waals surface area contributed by atoms with Crippen molar-refractivity contribution in [2.75, 3.05) is 6.54 Å². The van der Waals surface area contributed by atoms with Gasteiger partial charge in [0, 0.05) is 6.42 Å².